The lowest BCUT2D eigenvalue weighted by atomic mass is 10.2. The van der Waals surface area contributed by atoms with Crippen LogP contribution in [-0.4, -0.2) is 24.7 Å². The molecule has 0 aliphatic heterocycles. The Morgan fingerprint density at radius 3 is 2.43 bits per heavy atom. The van der Waals surface area contributed by atoms with Gasteiger partial charge in [-0.2, -0.15) is 13.2 Å². The van der Waals surface area contributed by atoms with Crippen molar-refractivity contribution in [1.29, 1.82) is 0 Å². The SMILES string of the molecule is CCCNC(CC(=O)N=O)C(F)(F)F. The van der Waals surface area contributed by atoms with E-state index in [4.69, 9.17) is 0 Å². The van der Waals surface area contributed by atoms with E-state index in [1.807, 2.05) is 5.18 Å². The minimum Gasteiger partial charge on any atom is -0.306 e. The first-order chi connectivity index (χ1) is 6.41. The Bertz CT molecular complexity index is 206. The molecule has 0 saturated carbocycles. The van der Waals surface area contributed by atoms with Gasteiger partial charge in [0.1, 0.15) is 6.04 Å². The zero-order valence-electron chi connectivity index (χ0n) is 7.60. The monoisotopic (exact) mass is 212 g/mol. The number of amides is 1. The van der Waals surface area contributed by atoms with Crippen LogP contribution in [0.15, 0.2) is 5.18 Å². The predicted molar refractivity (Wildman–Crippen MR) is 43.6 cm³/mol. The van der Waals surface area contributed by atoms with Crippen molar-refractivity contribution in [2.45, 2.75) is 32.0 Å². The summed E-state index contributed by atoms with van der Waals surface area (Å²) in [5.74, 6) is -1.30. The first-order valence-electron chi connectivity index (χ1n) is 4.08. The first kappa shape index (κ1) is 13.0. The summed E-state index contributed by atoms with van der Waals surface area (Å²) >= 11 is 0. The molecule has 82 valence electrons. The van der Waals surface area contributed by atoms with E-state index in [0.717, 1.165) is 0 Å². The van der Waals surface area contributed by atoms with Gasteiger partial charge in [-0.05, 0) is 13.0 Å². The minimum atomic E-state index is -4.53. The number of nitrogens with zero attached hydrogens (tertiary/aromatic N) is 1. The van der Waals surface area contributed by atoms with Gasteiger partial charge < -0.3 is 5.32 Å². The van der Waals surface area contributed by atoms with Crippen molar-refractivity contribution >= 4 is 5.91 Å². The molecule has 0 aliphatic rings. The zero-order chi connectivity index (χ0) is 11.2. The maximum Gasteiger partial charge on any atom is 0.404 e. The standard InChI is InChI=1S/C7H11F3N2O2/c1-2-3-11-5(7(8,9)10)4-6(13)12-14/h5,11H,2-4H2,1H3. The number of carbonyl (C=O) groups is 1. The number of hydrogen-bond donors (Lipinski definition) is 1. The second-order valence-electron chi connectivity index (χ2n) is 2.74. The van der Waals surface area contributed by atoms with E-state index in [2.05, 4.69) is 5.32 Å². The Morgan fingerprint density at radius 2 is 2.07 bits per heavy atom. The van der Waals surface area contributed by atoms with Crippen LogP contribution in [0.3, 0.4) is 0 Å². The number of nitroso groups, excluding NO2 is 1. The normalized spacial score (nSPS) is 13.7. The molecule has 7 heteroatoms. The molecule has 1 unspecified atom stereocenters. The summed E-state index contributed by atoms with van der Waals surface area (Å²) in [4.78, 5) is 20.1. The van der Waals surface area contributed by atoms with Crippen molar-refractivity contribution in [2.24, 2.45) is 5.18 Å². The Hall–Kier alpha value is -0.980. The average molecular weight is 212 g/mol. The van der Waals surface area contributed by atoms with Gasteiger partial charge in [0.05, 0.1) is 6.42 Å². The van der Waals surface area contributed by atoms with Crippen molar-refractivity contribution in [3.63, 3.8) is 0 Å². The highest BCUT2D eigenvalue weighted by molar-refractivity contribution is 5.77. The molecule has 0 radical (unpaired) electrons. The summed E-state index contributed by atoms with van der Waals surface area (Å²) in [6.45, 7) is 1.83. The minimum absolute atomic E-state index is 0.135. The highest BCUT2D eigenvalue weighted by Crippen LogP contribution is 2.22. The molecule has 0 spiro atoms. The lowest BCUT2D eigenvalue weighted by molar-refractivity contribution is -0.160. The molecule has 0 rings (SSSR count). The summed E-state index contributed by atoms with van der Waals surface area (Å²) in [6, 6.07) is -1.98. The van der Waals surface area contributed by atoms with Gasteiger partial charge in [0.2, 0.25) is 0 Å². The maximum atomic E-state index is 12.2. The van der Waals surface area contributed by atoms with Gasteiger partial charge in [-0.3, -0.25) is 4.79 Å². The molecule has 1 atom stereocenters. The van der Waals surface area contributed by atoms with Gasteiger partial charge in [-0.1, -0.05) is 6.92 Å². The summed E-state index contributed by atoms with van der Waals surface area (Å²) < 4.78 is 36.5. The maximum absolute atomic E-state index is 12.2. The van der Waals surface area contributed by atoms with Crippen LogP contribution in [0, 0.1) is 4.91 Å². The third-order valence-electron chi connectivity index (χ3n) is 1.52. The molecule has 0 saturated heterocycles. The summed E-state index contributed by atoms with van der Waals surface area (Å²) in [6.07, 6.45) is -4.96. The summed E-state index contributed by atoms with van der Waals surface area (Å²) in [7, 11) is 0. The lowest BCUT2D eigenvalue weighted by Crippen LogP contribution is -2.43. The van der Waals surface area contributed by atoms with Crippen LogP contribution in [0.2, 0.25) is 0 Å². The van der Waals surface area contributed by atoms with E-state index in [1.165, 1.54) is 0 Å². The topological polar surface area (TPSA) is 58.5 Å². The molecule has 0 aromatic heterocycles. The van der Waals surface area contributed by atoms with Crippen LogP contribution in [0.4, 0.5) is 13.2 Å². The third-order valence-corrected chi connectivity index (χ3v) is 1.52. The number of nitrogens with one attached hydrogen (secondary N) is 1. The van der Waals surface area contributed by atoms with Gasteiger partial charge in [-0.25, -0.2) is 0 Å². The van der Waals surface area contributed by atoms with Crippen molar-refractivity contribution in [2.75, 3.05) is 6.54 Å². The third kappa shape index (κ3) is 4.90. The fraction of sp³-hybridized carbons (Fsp3) is 0.857. The van der Waals surface area contributed by atoms with Crippen molar-refractivity contribution < 1.29 is 18.0 Å². The smallest absolute Gasteiger partial charge is 0.306 e. The Morgan fingerprint density at radius 1 is 1.50 bits per heavy atom. The Labute approximate surface area is 78.8 Å². The molecule has 1 N–H and O–H groups in total. The van der Waals surface area contributed by atoms with Crippen molar-refractivity contribution in [3.05, 3.63) is 4.91 Å². The molecular formula is C7H11F3N2O2. The second kappa shape index (κ2) is 5.69. The van der Waals surface area contributed by atoms with Crippen LogP contribution >= 0.6 is 0 Å². The lowest BCUT2D eigenvalue weighted by Gasteiger charge is -2.19. The van der Waals surface area contributed by atoms with Gasteiger partial charge in [-0.15, -0.1) is 4.91 Å². The molecule has 14 heavy (non-hydrogen) atoms. The van der Waals surface area contributed by atoms with Gasteiger partial charge >= 0.3 is 6.18 Å². The number of alkyl halides is 3. The predicted octanol–water partition coefficient (Wildman–Crippen LogP) is 1.60. The quantitative estimate of drug-likeness (QED) is 0.704. The Kier molecular flexibility index (Phi) is 5.29. The zero-order valence-corrected chi connectivity index (χ0v) is 7.60. The molecule has 0 aliphatic carbocycles. The van der Waals surface area contributed by atoms with E-state index in [1.54, 1.807) is 6.92 Å². The average Bonchev–Trinajstić information content (AvgIpc) is 2.09. The van der Waals surface area contributed by atoms with Crippen molar-refractivity contribution in [3.8, 4) is 0 Å². The largest absolute Gasteiger partial charge is 0.404 e. The molecule has 0 bridgehead atoms. The molecule has 0 fully saturated rings. The molecular weight excluding hydrogens is 201 g/mol. The number of hydrogen-bond acceptors (Lipinski definition) is 3. The van der Waals surface area contributed by atoms with Gasteiger partial charge in [0.15, 0.2) is 0 Å². The van der Waals surface area contributed by atoms with Crippen molar-refractivity contribution in [1.82, 2.24) is 5.32 Å². The van der Waals surface area contributed by atoms with E-state index < -0.39 is 24.5 Å². The first-order valence-corrected chi connectivity index (χ1v) is 4.08. The molecule has 0 heterocycles. The number of carbonyl (C=O) groups excluding carboxylic acids is 1. The fourth-order valence-corrected chi connectivity index (χ4v) is 0.834. The summed E-state index contributed by atoms with van der Waals surface area (Å²) in [5.41, 5.74) is 0. The van der Waals surface area contributed by atoms with E-state index in [0.29, 0.717) is 6.42 Å². The number of rotatable bonds is 5. The van der Waals surface area contributed by atoms with Crippen LogP contribution in [0.5, 0.6) is 0 Å². The van der Waals surface area contributed by atoms with Crippen LogP contribution < -0.4 is 5.32 Å². The van der Waals surface area contributed by atoms with Crippen LogP contribution in [0.1, 0.15) is 19.8 Å². The highest BCUT2D eigenvalue weighted by atomic mass is 19.4. The molecule has 0 aromatic carbocycles. The van der Waals surface area contributed by atoms with Crippen LogP contribution in [-0.2, 0) is 4.79 Å². The summed E-state index contributed by atoms with van der Waals surface area (Å²) in [5, 5.41) is 4.05. The van der Waals surface area contributed by atoms with Gasteiger partial charge in [0, 0.05) is 5.18 Å². The van der Waals surface area contributed by atoms with E-state index in [9.17, 15) is 22.9 Å². The van der Waals surface area contributed by atoms with E-state index in [-0.39, 0.29) is 6.54 Å². The van der Waals surface area contributed by atoms with Crippen LogP contribution in [0.25, 0.3) is 0 Å². The second-order valence-corrected chi connectivity index (χ2v) is 2.74. The Balaban J connectivity index is 4.25. The molecule has 0 aromatic rings. The van der Waals surface area contributed by atoms with E-state index >= 15 is 0 Å². The molecule has 4 nitrogen and oxygen atoms in total. The fourth-order valence-electron chi connectivity index (χ4n) is 0.834. The highest BCUT2D eigenvalue weighted by Gasteiger charge is 2.40. The van der Waals surface area contributed by atoms with Gasteiger partial charge in [0.25, 0.3) is 5.91 Å². The number of halogens is 3. The molecule has 1 amide bonds.